The zero-order valence-corrected chi connectivity index (χ0v) is 23.9. The van der Waals surface area contributed by atoms with Gasteiger partial charge in [0.25, 0.3) is 0 Å². The number of rotatable bonds is 6. The third kappa shape index (κ3) is 4.63. The third-order valence-corrected chi connectivity index (χ3v) is 7.24. The molecule has 0 N–H and O–H groups in total. The van der Waals surface area contributed by atoms with E-state index in [2.05, 4.69) is 24.3 Å². The minimum atomic E-state index is -1.29. The molecule has 3 aromatic carbocycles. The van der Waals surface area contributed by atoms with Crippen molar-refractivity contribution in [3.63, 3.8) is 0 Å². The van der Waals surface area contributed by atoms with E-state index in [0.29, 0.717) is 34.0 Å². The van der Waals surface area contributed by atoms with E-state index in [1.54, 1.807) is 6.07 Å². The Morgan fingerprint density at radius 3 is 2.45 bits per heavy atom. The van der Waals surface area contributed by atoms with Gasteiger partial charge in [0, 0.05) is 22.4 Å². The minimum absolute atomic E-state index is 0. The zero-order chi connectivity index (χ0) is 25.7. The van der Waals surface area contributed by atoms with Crippen LogP contribution in [0.4, 0.5) is 0 Å². The Balaban J connectivity index is 0.00000294. The number of carboxylic acids is 1. The third-order valence-electron chi connectivity index (χ3n) is 7.24. The molecule has 1 fully saturated rings. The Labute approximate surface area is 242 Å². The summed E-state index contributed by atoms with van der Waals surface area (Å²) in [7, 11) is 0. The van der Waals surface area contributed by atoms with E-state index < -0.39 is 5.97 Å². The molecule has 0 bridgehead atoms. The van der Waals surface area contributed by atoms with Crippen LogP contribution in [0.25, 0.3) is 33.3 Å². The predicted molar refractivity (Wildman–Crippen MR) is 140 cm³/mol. The van der Waals surface area contributed by atoms with Crippen LogP contribution in [0.5, 0.6) is 5.75 Å². The maximum absolute atomic E-state index is 12.4. The maximum Gasteiger partial charge on any atom is 1.00 e. The number of fused-ring (bicyclic) bond motifs is 2. The number of aryl methyl sites for hydroxylation is 2. The number of para-hydroxylation sites is 1. The molecule has 6 rings (SSSR count). The monoisotopic (exact) mass is 515 g/mol. The number of carboxylic acid groups (broad SMARTS) is 1. The van der Waals surface area contributed by atoms with Crippen LogP contribution in [0.1, 0.15) is 51.6 Å². The van der Waals surface area contributed by atoms with E-state index in [1.807, 2.05) is 51.1 Å². The van der Waals surface area contributed by atoms with Crippen LogP contribution < -0.4 is 39.4 Å². The average molecular weight is 516 g/mol. The number of furan rings is 1. The van der Waals surface area contributed by atoms with E-state index in [1.165, 1.54) is 11.6 Å². The second-order valence-corrected chi connectivity index (χ2v) is 9.66. The number of hydrogen-bond acceptors (Lipinski definition) is 6. The number of aromatic carboxylic acids is 1. The molecule has 0 aliphatic carbocycles. The number of hydrogen-bond donors (Lipinski definition) is 0. The van der Waals surface area contributed by atoms with E-state index in [-0.39, 0.29) is 41.2 Å². The Kier molecular flexibility index (Phi) is 7.34. The molecule has 38 heavy (non-hydrogen) atoms. The summed E-state index contributed by atoms with van der Waals surface area (Å²) in [5.41, 5.74) is 5.72. The van der Waals surface area contributed by atoms with Gasteiger partial charge in [0.1, 0.15) is 23.1 Å². The van der Waals surface area contributed by atoms with Crippen molar-refractivity contribution in [2.45, 2.75) is 32.8 Å². The van der Waals surface area contributed by atoms with Gasteiger partial charge in [-0.15, -0.1) is 0 Å². The Morgan fingerprint density at radius 2 is 1.79 bits per heavy atom. The molecule has 0 amide bonds. The van der Waals surface area contributed by atoms with Crippen LogP contribution in [-0.4, -0.2) is 24.2 Å². The summed E-state index contributed by atoms with van der Waals surface area (Å²) in [6.07, 6.45) is -0.301. The SMILES string of the molecule is Cc1c(-c2cc(C(=O)[O-])c3c(O[C@H](C)c4ccc(C5COC5)cc4)ccc(C)c3n2)oc2ccccc12.[Na+]. The normalized spacial score (nSPS) is 14.2. The van der Waals surface area contributed by atoms with E-state index in [4.69, 9.17) is 18.9 Å². The molecule has 1 aliphatic heterocycles. The molecule has 1 atom stereocenters. The summed E-state index contributed by atoms with van der Waals surface area (Å²) in [6.45, 7) is 7.32. The van der Waals surface area contributed by atoms with Crippen molar-refractivity contribution in [3.8, 4) is 17.2 Å². The molecule has 0 radical (unpaired) electrons. The first-order valence-electron chi connectivity index (χ1n) is 12.4. The fourth-order valence-electron chi connectivity index (χ4n) is 4.96. The van der Waals surface area contributed by atoms with Gasteiger partial charge in [-0.1, -0.05) is 48.5 Å². The molecule has 0 unspecified atom stereocenters. The van der Waals surface area contributed by atoms with Gasteiger partial charge in [-0.25, -0.2) is 4.98 Å². The van der Waals surface area contributed by atoms with Gasteiger partial charge < -0.3 is 23.8 Å². The summed E-state index contributed by atoms with van der Waals surface area (Å²) >= 11 is 0. The molecular weight excluding hydrogens is 489 g/mol. The molecule has 0 spiro atoms. The smallest absolute Gasteiger partial charge is 0.545 e. The quantitative estimate of drug-likeness (QED) is 0.324. The van der Waals surface area contributed by atoms with E-state index in [9.17, 15) is 9.90 Å². The fraction of sp³-hybridized carbons (Fsp3) is 0.226. The molecule has 1 saturated heterocycles. The summed E-state index contributed by atoms with van der Waals surface area (Å²) in [4.78, 5) is 17.2. The van der Waals surface area contributed by atoms with Gasteiger partial charge in [0.15, 0.2) is 5.76 Å². The molecule has 7 heteroatoms. The minimum Gasteiger partial charge on any atom is -0.545 e. The first-order valence-corrected chi connectivity index (χ1v) is 12.4. The largest absolute Gasteiger partial charge is 1.00 e. The van der Waals surface area contributed by atoms with Crippen molar-refractivity contribution in [2.24, 2.45) is 0 Å². The topological polar surface area (TPSA) is 84.6 Å². The molecular formula is C31H26NNaO5. The molecule has 1 aliphatic rings. The summed E-state index contributed by atoms with van der Waals surface area (Å²) < 4.78 is 17.7. The second-order valence-electron chi connectivity index (χ2n) is 9.66. The van der Waals surface area contributed by atoms with Crippen molar-refractivity contribution < 1.29 is 53.3 Å². The Hall–Kier alpha value is -3.16. The van der Waals surface area contributed by atoms with Crippen LogP contribution in [0.2, 0.25) is 0 Å². The molecule has 2 aromatic heterocycles. The van der Waals surface area contributed by atoms with Crippen molar-refractivity contribution in [1.82, 2.24) is 4.98 Å². The predicted octanol–water partition coefficient (Wildman–Crippen LogP) is 2.89. The van der Waals surface area contributed by atoms with E-state index in [0.717, 1.165) is 40.9 Å². The van der Waals surface area contributed by atoms with Crippen molar-refractivity contribution in [3.05, 3.63) is 94.5 Å². The number of aromatic nitrogens is 1. The van der Waals surface area contributed by atoms with Gasteiger partial charge >= 0.3 is 29.6 Å². The molecule has 3 heterocycles. The average Bonchev–Trinajstić information content (AvgIpc) is 3.21. The van der Waals surface area contributed by atoms with Crippen LogP contribution >= 0.6 is 0 Å². The van der Waals surface area contributed by atoms with Gasteiger partial charge in [-0.3, -0.25) is 0 Å². The molecule has 5 aromatic rings. The second kappa shape index (κ2) is 10.5. The van der Waals surface area contributed by atoms with Crippen molar-refractivity contribution in [1.29, 1.82) is 0 Å². The summed E-state index contributed by atoms with van der Waals surface area (Å²) in [6, 6.07) is 21.2. The number of benzene rings is 3. The van der Waals surface area contributed by atoms with Gasteiger partial charge in [-0.05, 0) is 55.7 Å². The van der Waals surface area contributed by atoms with Crippen LogP contribution in [0, 0.1) is 13.8 Å². The van der Waals surface area contributed by atoms with Crippen molar-refractivity contribution >= 4 is 27.8 Å². The van der Waals surface area contributed by atoms with Crippen LogP contribution in [-0.2, 0) is 4.74 Å². The number of carbonyl (C=O) groups is 1. The fourth-order valence-corrected chi connectivity index (χ4v) is 4.96. The Morgan fingerprint density at radius 1 is 1.05 bits per heavy atom. The van der Waals surface area contributed by atoms with Gasteiger partial charge in [0.05, 0.1) is 30.1 Å². The van der Waals surface area contributed by atoms with Crippen LogP contribution in [0.3, 0.4) is 0 Å². The first kappa shape index (κ1) is 26.4. The number of nitrogens with zero attached hydrogens (tertiary/aromatic N) is 1. The molecule has 0 saturated carbocycles. The first-order chi connectivity index (χ1) is 17.9. The van der Waals surface area contributed by atoms with Crippen LogP contribution in [0.15, 0.2) is 71.1 Å². The zero-order valence-electron chi connectivity index (χ0n) is 21.9. The number of ether oxygens (including phenoxy) is 2. The van der Waals surface area contributed by atoms with Gasteiger partial charge in [-0.2, -0.15) is 0 Å². The summed E-state index contributed by atoms with van der Waals surface area (Å²) in [5.74, 6) is 0.149. The molecule has 6 nitrogen and oxygen atoms in total. The summed E-state index contributed by atoms with van der Waals surface area (Å²) in [5, 5.41) is 13.8. The van der Waals surface area contributed by atoms with E-state index >= 15 is 0 Å². The van der Waals surface area contributed by atoms with Crippen molar-refractivity contribution in [2.75, 3.05) is 13.2 Å². The Bertz CT molecular complexity index is 1650. The standard InChI is InChI=1S/C31H27NO5.Na/c1-17-8-13-27(36-19(3)20-9-11-21(12-10-20)22-15-35-16-22)28-24(31(33)34)14-25(32-29(17)28)30-18(2)23-6-4-5-7-26(23)37-30;/h4-14,19,22H,15-16H2,1-3H3,(H,33,34);/q;+1/p-1/t19-;/m1./s1. The maximum atomic E-state index is 12.4. The number of carbonyl (C=O) groups excluding carboxylic acids is 1. The van der Waals surface area contributed by atoms with Gasteiger partial charge in [0.2, 0.25) is 0 Å². The molecule has 186 valence electrons. The number of pyridine rings is 1.